The zero-order valence-electron chi connectivity index (χ0n) is 13.6. The zero-order valence-corrected chi connectivity index (χ0v) is 14.3. The van der Waals surface area contributed by atoms with Crippen LogP contribution in [0.5, 0.6) is 0 Å². The predicted octanol–water partition coefficient (Wildman–Crippen LogP) is 4.11. The molecule has 3 rings (SSSR count). The van der Waals surface area contributed by atoms with Crippen LogP contribution >= 0.6 is 11.6 Å². The van der Waals surface area contributed by atoms with Crippen molar-refractivity contribution in [3.8, 4) is 0 Å². The lowest BCUT2D eigenvalue weighted by Crippen LogP contribution is -2.38. The van der Waals surface area contributed by atoms with Crippen LogP contribution in [0.25, 0.3) is 0 Å². The Kier molecular flexibility index (Phi) is 4.77. The molecule has 0 atom stereocenters. The molecule has 1 aromatic carbocycles. The molecule has 0 N–H and O–H groups in total. The van der Waals surface area contributed by atoms with Gasteiger partial charge in [0.1, 0.15) is 5.82 Å². The van der Waals surface area contributed by atoms with Crippen molar-refractivity contribution in [1.29, 1.82) is 0 Å². The van der Waals surface area contributed by atoms with E-state index in [9.17, 15) is 18.0 Å². The van der Waals surface area contributed by atoms with Crippen molar-refractivity contribution < 1.29 is 18.0 Å². The Labute approximate surface area is 148 Å². The molecular weight excluding hydrogens is 355 g/mol. The maximum Gasteiger partial charge on any atom is 0.416 e. The maximum atomic E-state index is 12.9. The van der Waals surface area contributed by atoms with E-state index in [1.807, 2.05) is 17.8 Å². The fourth-order valence-electron chi connectivity index (χ4n) is 3.15. The lowest BCUT2D eigenvalue weighted by Gasteiger charge is -2.32. The highest BCUT2D eigenvalue weighted by molar-refractivity contribution is 6.33. The number of benzene rings is 1. The molecule has 8 heteroatoms. The van der Waals surface area contributed by atoms with E-state index in [4.69, 9.17) is 11.6 Å². The first kappa shape index (κ1) is 17.8. The van der Waals surface area contributed by atoms with E-state index in [0.29, 0.717) is 25.9 Å². The number of aromatic nitrogens is 2. The Morgan fingerprint density at radius 2 is 1.96 bits per heavy atom. The second kappa shape index (κ2) is 6.71. The molecule has 2 heterocycles. The lowest BCUT2D eigenvalue weighted by atomic mass is 9.95. The predicted molar refractivity (Wildman–Crippen MR) is 87.5 cm³/mol. The summed E-state index contributed by atoms with van der Waals surface area (Å²) < 4.78 is 40.6. The molecule has 0 unspecified atom stereocenters. The van der Waals surface area contributed by atoms with Crippen LogP contribution in [0.2, 0.25) is 5.02 Å². The van der Waals surface area contributed by atoms with Crippen molar-refractivity contribution in [3.63, 3.8) is 0 Å². The first-order valence-corrected chi connectivity index (χ1v) is 8.28. The Morgan fingerprint density at radius 3 is 2.52 bits per heavy atom. The van der Waals surface area contributed by atoms with Crippen molar-refractivity contribution in [2.24, 2.45) is 7.05 Å². The van der Waals surface area contributed by atoms with E-state index in [1.54, 1.807) is 11.1 Å². The molecule has 0 saturated carbocycles. The van der Waals surface area contributed by atoms with Gasteiger partial charge in [-0.1, -0.05) is 11.6 Å². The molecule has 0 spiro atoms. The number of hydrogen-bond acceptors (Lipinski definition) is 2. The third kappa shape index (κ3) is 3.66. The Morgan fingerprint density at radius 1 is 1.28 bits per heavy atom. The monoisotopic (exact) mass is 371 g/mol. The number of alkyl halides is 3. The van der Waals surface area contributed by atoms with Crippen LogP contribution in [0.15, 0.2) is 30.6 Å². The molecule has 1 fully saturated rings. The van der Waals surface area contributed by atoms with Gasteiger partial charge in [-0.2, -0.15) is 13.2 Å². The SMILES string of the molecule is Cn1ccnc1C1CCN(C(=O)c2cc(C(F)(F)F)ccc2Cl)CC1. The van der Waals surface area contributed by atoms with Gasteiger partial charge in [0.15, 0.2) is 0 Å². The van der Waals surface area contributed by atoms with Gasteiger partial charge in [-0.15, -0.1) is 0 Å². The number of imidazole rings is 1. The minimum absolute atomic E-state index is 0.0317. The minimum atomic E-state index is -4.51. The number of amides is 1. The smallest absolute Gasteiger partial charge is 0.339 e. The Bertz CT molecular complexity index is 780. The van der Waals surface area contributed by atoms with Gasteiger partial charge in [-0.05, 0) is 31.0 Å². The molecule has 4 nitrogen and oxygen atoms in total. The van der Waals surface area contributed by atoms with Crippen molar-refractivity contribution in [3.05, 3.63) is 52.6 Å². The van der Waals surface area contributed by atoms with Crippen LogP contribution in [-0.2, 0) is 13.2 Å². The van der Waals surface area contributed by atoms with Gasteiger partial charge in [-0.3, -0.25) is 4.79 Å². The van der Waals surface area contributed by atoms with Gasteiger partial charge < -0.3 is 9.47 Å². The van der Waals surface area contributed by atoms with Crippen molar-refractivity contribution >= 4 is 17.5 Å². The minimum Gasteiger partial charge on any atom is -0.339 e. The van der Waals surface area contributed by atoms with Crippen molar-refractivity contribution in [2.75, 3.05) is 13.1 Å². The largest absolute Gasteiger partial charge is 0.416 e. The number of nitrogens with zero attached hydrogens (tertiary/aromatic N) is 3. The summed E-state index contributed by atoms with van der Waals surface area (Å²) in [7, 11) is 1.92. The quantitative estimate of drug-likeness (QED) is 0.796. The third-order valence-corrected chi connectivity index (χ3v) is 4.86. The fourth-order valence-corrected chi connectivity index (χ4v) is 3.35. The summed E-state index contributed by atoms with van der Waals surface area (Å²) in [4.78, 5) is 18.5. The molecule has 1 amide bonds. The summed E-state index contributed by atoms with van der Waals surface area (Å²) in [6.45, 7) is 0.922. The summed E-state index contributed by atoms with van der Waals surface area (Å²) in [5, 5.41) is 0.0317. The number of carbonyl (C=O) groups excluding carboxylic acids is 1. The van der Waals surface area contributed by atoms with Crippen LogP contribution in [0.3, 0.4) is 0 Å². The fraction of sp³-hybridized carbons (Fsp3) is 0.412. The number of aryl methyl sites for hydroxylation is 1. The number of rotatable bonds is 2. The Hall–Kier alpha value is -2.02. The first-order valence-electron chi connectivity index (χ1n) is 7.90. The second-order valence-corrected chi connectivity index (χ2v) is 6.56. The van der Waals surface area contributed by atoms with E-state index in [2.05, 4.69) is 4.98 Å². The van der Waals surface area contributed by atoms with Crippen LogP contribution in [0.1, 0.15) is 40.5 Å². The molecular formula is C17H17ClF3N3O. The highest BCUT2D eigenvalue weighted by Crippen LogP contribution is 2.33. The van der Waals surface area contributed by atoms with Gasteiger partial charge in [0.25, 0.3) is 5.91 Å². The molecule has 1 aliphatic rings. The van der Waals surface area contributed by atoms with Crippen LogP contribution in [0.4, 0.5) is 13.2 Å². The topological polar surface area (TPSA) is 38.1 Å². The highest BCUT2D eigenvalue weighted by atomic mass is 35.5. The summed E-state index contributed by atoms with van der Waals surface area (Å²) >= 11 is 5.96. The van der Waals surface area contributed by atoms with Gasteiger partial charge in [0.05, 0.1) is 16.1 Å². The van der Waals surface area contributed by atoms with Gasteiger partial charge >= 0.3 is 6.18 Å². The standard InChI is InChI=1S/C17H17ClF3N3O/c1-23-9-6-22-15(23)11-4-7-24(8-5-11)16(25)13-10-12(17(19,20)21)2-3-14(13)18/h2-3,6,9-11H,4-5,7-8H2,1H3. The van der Waals surface area contributed by atoms with Crippen LogP contribution < -0.4 is 0 Å². The molecule has 134 valence electrons. The molecule has 1 aliphatic heterocycles. The average molecular weight is 372 g/mol. The van der Waals surface area contributed by atoms with Crippen LogP contribution in [-0.4, -0.2) is 33.4 Å². The lowest BCUT2D eigenvalue weighted by molar-refractivity contribution is -0.137. The zero-order chi connectivity index (χ0) is 18.2. The number of hydrogen-bond donors (Lipinski definition) is 0. The number of piperidine rings is 1. The van der Waals surface area contributed by atoms with Crippen molar-refractivity contribution in [2.45, 2.75) is 24.9 Å². The number of carbonyl (C=O) groups is 1. The van der Waals surface area contributed by atoms with Gasteiger partial charge in [-0.25, -0.2) is 4.98 Å². The van der Waals surface area contributed by atoms with Crippen LogP contribution in [0, 0.1) is 0 Å². The van der Waals surface area contributed by atoms with E-state index in [1.165, 1.54) is 0 Å². The summed E-state index contributed by atoms with van der Waals surface area (Å²) in [5.41, 5.74) is -0.977. The molecule has 1 aromatic heterocycles. The molecule has 0 radical (unpaired) electrons. The summed E-state index contributed by atoms with van der Waals surface area (Å²) in [6.07, 6.45) is 0.524. The molecule has 0 aliphatic carbocycles. The normalized spacial score (nSPS) is 16.3. The van der Waals surface area contributed by atoms with Crippen molar-refractivity contribution in [1.82, 2.24) is 14.5 Å². The van der Waals surface area contributed by atoms with E-state index >= 15 is 0 Å². The summed E-state index contributed by atoms with van der Waals surface area (Å²) in [5.74, 6) is 0.736. The number of likely N-dealkylation sites (tertiary alicyclic amines) is 1. The molecule has 0 bridgehead atoms. The van der Waals surface area contributed by atoms with E-state index in [-0.39, 0.29) is 16.5 Å². The molecule has 2 aromatic rings. The Balaban J connectivity index is 1.74. The highest BCUT2D eigenvalue weighted by Gasteiger charge is 2.33. The first-order chi connectivity index (χ1) is 11.8. The van der Waals surface area contributed by atoms with E-state index in [0.717, 1.165) is 24.0 Å². The van der Waals surface area contributed by atoms with Gasteiger partial charge in [0, 0.05) is 38.4 Å². The average Bonchev–Trinajstić information content (AvgIpc) is 3.00. The summed E-state index contributed by atoms with van der Waals surface area (Å²) in [6, 6.07) is 2.83. The van der Waals surface area contributed by atoms with E-state index < -0.39 is 17.6 Å². The number of halogens is 4. The third-order valence-electron chi connectivity index (χ3n) is 4.53. The molecule has 1 saturated heterocycles. The second-order valence-electron chi connectivity index (χ2n) is 6.16. The maximum absolute atomic E-state index is 12.9. The van der Waals surface area contributed by atoms with Gasteiger partial charge in [0.2, 0.25) is 0 Å². The molecule has 25 heavy (non-hydrogen) atoms.